The Labute approximate surface area is 551 Å². The van der Waals surface area contributed by atoms with E-state index in [0.29, 0.717) is 29.4 Å². The first-order valence-corrected chi connectivity index (χ1v) is 32.5. The predicted molar refractivity (Wildman–Crippen MR) is 366 cm³/mol. The number of ether oxygens (including phenoxy) is 2. The summed E-state index contributed by atoms with van der Waals surface area (Å²) in [6, 6.07) is 67.5. The first-order valence-electron chi connectivity index (χ1n) is 29.2. The minimum absolute atomic E-state index is 0.0168. The third-order valence-corrected chi connectivity index (χ3v) is 19.5. The molecule has 0 amide bonds. The number of fused-ring (bicyclic) bond motifs is 2. The van der Waals surface area contributed by atoms with Gasteiger partial charge in [0, 0.05) is 61.4 Å². The van der Waals surface area contributed by atoms with Crippen molar-refractivity contribution in [3.8, 4) is 0 Å². The zero-order chi connectivity index (χ0) is 63.8. The fraction of sp³-hybridized carbons (Fsp3) is 0.0769. The first kappa shape index (κ1) is 64.2. The number of carbonyl (C=O) groups excluding carboxylic acids is 4. The second-order valence-electron chi connectivity index (χ2n) is 20.9. The van der Waals surface area contributed by atoms with E-state index in [4.69, 9.17) is 29.0 Å². The Kier molecular flexibility index (Phi) is 21.7. The molecular weight excluding hydrogens is 1230 g/mol. The van der Waals surface area contributed by atoms with E-state index in [1.807, 2.05) is 158 Å². The molecule has 1 aliphatic carbocycles. The van der Waals surface area contributed by atoms with E-state index in [9.17, 15) is 9.59 Å². The Morgan fingerprint density at radius 2 is 0.554 bits per heavy atom. The van der Waals surface area contributed by atoms with Crippen LogP contribution >= 0.6 is 47.0 Å². The number of carbonyl (C=O) groups is 4. The highest BCUT2D eigenvalue weighted by molar-refractivity contribution is 8.00. The number of hydrogen-bond donors (Lipinski definition) is 0. The van der Waals surface area contributed by atoms with Crippen LogP contribution in [0.5, 0.6) is 0 Å². The van der Waals surface area contributed by atoms with Gasteiger partial charge in [0.1, 0.15) is 39.6 Å². The molecular formula is C78H60O10S4. The Hall–Kier alpha value is -9.32. The summed E-state index contributed by atoms with van der Waals surface area (Å²) < 4.78 is 11.8. The molecule has 0 N–H and O–H groups in total. The van der Waals surface area contributed by atoms with Gasteiger partial charge in [-0.15, -0.1) is 0 Å². The minimum Gasteiger partial charge on any atom is -0.457 e. The summed E-state index contributed by atoms with van der Waals surface area (Å²) in [4.78, 5) is 88.7. The monoisotopic (exact) mass is 1280 g/mol. The van der Waals surface area contributed by atoms with E-state index >= 15 is 9.59 Å². The summed E-state index contributed by atoms with van der Waals surface area (Å²) in [6.07, 6.45) is 7.04. The van der Waals surface area contributed by atoms with Gasteiger partial charge in [-0.3, -0.25) is 9.59 Å². The molecule has 11 rings (SSSR count). The van der Waals surface area contributed by atoms with Crippen LogP contribution in [0.15, 0.2) is 284 Å². The molecule has 14 heteroatoms. The van der Waals surface area contributed by atoms with Gasteiger partial charge in [0.15, 0.2) is 11.6 Å². The molecule has 1 aliphatic rings. The Balaban J connectivity index is 0.982. The molecule has 0 aromatic heterocycles. The van der Waals surface area contributed by atoms with Gasteiger partial charge in [-0.1, -0.05) is 255 Å². The number of ketones is 2. The Morgan fingerprint density at radius 3 is 0.870 bits per heavy atom. The molecule has 10 aromatic rings. The fourth-order valence-corrected chi connectivity index (χ4v) is 14.2. The summed E-state index contributed by atoms with van der Waals surface area (Å²) in [5.41, 5.74) is 10.0. The van der Waals surface area contributed by atoms with Crippen molar-refractivity contribution in [2.75, 3.05) is 0 Å². The van der Waals surface area contributed by atoms with E-state index < -0.39 is 23.5 Å². The largest absolute Gasteiger partial charge is 0.457 e. The van der Waals surface area contributed by atoms with E-state index in [-0.39, 0.29) is 73.0 Å². The topological polar surface area (TPSA) is 124 Å². The second kappa shape index (κ2) is 31.1. The van der Waals surface area contributed by atoms with Crippen molar-refractivity contribution in [3.05, 3.63) is 334 Å². The lowest BCUT2D eigenvalue weighted by Crippen LogP contribution is -2.24. The summed E-state index contributed by atoms with van der Waals surface area (Å²) in [5, 5.41) is 0. The lowest BCUT2D eigenvalue weighted by molar-refractivity contribution is -0.313. The number of benzene rings is 10. The van der Waals surface area contributed by atoms with Crippen LogP contribution in [0.2, 0.25) is 0 Å². The van der Waals surface area contributed by atoms with Gasteiger partial charge in [-0.05, 0) is 116 Å². The number of hydrogen-bond acceptors (Lipinski definition) is 14. The predicted octanol–water partition coefficient (Wildman–Crippen LogP) is 19.6. The van der Waals surface area contributed by atoms with Crippen molar-refractivity contribution in [1.82, 2.24) is 0 Å². The first-order chi connectivity index (χ1) is 45.1. The summed E-state index contributed by atoms with van der Waals surface area (Å²) >= 11 is 5.04. The van der Waals surface area contributed by atoms with Crippen molar-refractivity contribution in [2.45, 2.75) is 78.8 Å². The van der Waals surface area contributed by atoms with Gasteiger partial charge in [0.2, 0.25) is 0 Å². The van der Waals surface area contributed by atoms with Gasteiger partial charge >= 0.3 is 11.9 Å². The zero-order valence-corrected chi connectivity index (χ0v) is 53.1. The summed E-state index contributed by atoms with van der Waals surface area (Å²) in [6.45, 7) is 16.0. The highest BCUT2D eigenvalue weighted by Gasteiger charge is 2.39. The van der Waals surface area contributed by atoms with Crippen LogP contribution in [-0.4, -0.2) is 23.5 Å². The third kappa shape index (κ3) is 15.7. The number of esters is 2. The quantitative estimate of drug-likeness (QED) is 0.0200. The molecule has 0 atom stereocenters. The van der Waals surface area contributed by atoms with Crippen molar-refractivity contribution >= 4 is 94.9 Å². The van der Waals surface area contributed by atoms with Crippen LogP contribution in [0, 0.1) is 0 Å². The maximum atomic E-state index is 16.4. The third-order valence-electron chi connectivity index (χ3n) is 14.9. The highest BCUT2D eigenvalue weighted by Crippen LogP contribution is 2.49. The van der Waals surface area contributed by atoms with E-state index in [2.05, 4.69) is 26.3 Å². The van der Waals surface area contributed by atoms with Crippen LogP contribution in [-0.2, 0) is 68.7 Å². The highest BCUT2D eigenvalue weighted by atomic mass is 32.2. The van der Waals surface area contributed by atoms with Crippen LogP contribution in [0.3, 0.4) is 0 Å². The second-order valence-corrected chi connectivity index (χ2v) is 25.2. The average molecular weight is 1290 g/mol. The molecule has 0 radical (unpaired) electrons. The molecule has 0 saturated carbocycles. The maximum absolute atomic E-state index is 16.4. The molecule has 0 heterocycles. The molecule has 10 aromatic carbocycles. The van der Waals surface area contributed by atoms with Crippen molar-refractivity contribution in [1.29, 1.82) is 0 Å². The van der Waals surface area contributed by atoms with Crippen LogP contribution < -0.4 is 0 Å². The minimum atomic E-state index is -0.571. The molecule has 0 fully saturated rings. The molecule has 456 valence electrons. The zero-order valence-electron chi connectivity index (χ0n) is 49.9. The van der Waals surface area contributed by atoms with Gasteiger partial charge in [0.25, 0.3) is 0 Å². The molecule has 0 unspecified atom stereocenters. The smallest absolute Gasteiger partial charge is 0.339 e. The lowest BCUT2D eigenvalue weighted by atomic mass is 9.84. The van der Waals surface area contributed by atoms with Crippen molar-refractivity contribution in [2.24, 2.45) is 0 Å². The Bertz CT molecular complexity index is 4110. The fourth-order valence-electron chi connectivity index (χ4n) is 9.87. The normalized spacial score (nSPS) is 11.5. The van der Waals surface area contributed by atoms with E-state index in [1.165, 1.54) is 47.0 Å². The van der Waals surface area contributed by atoms with Gasteiger partial charge in [-0.25, -0.2) is 29.1 Å². The van der Waals surface area contributed by atoms with Crippen LogP contribution in [0.4, 0.5) is 0 Å². The SMILES string of the molecule is C=Cc1ccc(COOCc2ccccc2Sc2ccc(Sc3ccccc3COOCc3ccc(C=C)cc3)c3c2C(=O)c2c(Sc4ccccc4C(=O)OCc4ccc(C=C)cc4)ccc(Sc4ccccc4C(=O)OCc4ccc(C=C)cc4)c2C3=O)cc1. The van der Waals surface area contributed by atoms with Gasteiger partial charge in [0.05, 0.1) is 11.1 Å². The van der Waals surface area contributed by atoms with E-state index in [0.717, 1.165) is 65.4 Å². The Morgan fingerprint density at radius 1 is 0.293 bits per heavy atom. The van der Waals surface area contributed by atoms with Crippen LogP contribution in [0.25, 0.3) is 24.3 Å². The lowest BCUT2D eigenvalue weighted by Gasteiger charge is -2.26. The molecule has 92 heavy (non-hydrogen) atoms. The standard InChI is InChI=1S/C78H60O10S4/c1-5-51-25-33-55(34-26-51)45-83-77(81)61-19-11-15-23-65(61)91-69-43-44-70(92-66-24-16-12-20-62(66)78(82)84-46-56-35-27-52(6-2)28-36-56)74-73(69)75(79)71-67(89-63-21-13-9-17-59(63)49-87-85-47-57-37-29-53(7-3)30-38-57)41-42-68(72(71)76(74)80)90-64-22-14-10-18-60(64)50-88-86-48-58-39-31-54(8-4)32-40-58/h5-44H,1-4,45-50H2. The average Bonchev–Trinajstić information content (AvgIpc) is 0.734. The van der Waals surface area contributed by atoms with E-state index in [1.54, 1.807) is 85.0 Å². The van der Waals surface area contributed by atoms with Gasteiger partial charge < -0.3 is 9.47 Å². The summed E-state index contributed by atoms with van der Waals surface area (Å²) in [7, 11) is 0. The molecule has 0 aliphatic heterocycles. The maximum Gasteiger partial charge on any atom is 0.339 e. The van der Waals surface area contributed by atoms with Gasteiger partial charge in [-0.2, -0.15) is 0 Å². The summed E-state index contributed by atoms with van der Waals surface area (Å²) in [5.74, 6) is -1.99. The number of rotatable bonds is 28. The molecule has 0 saturated heterocycles. The van der Waals surface area contributed by atoms with Crippen LogP contribution in [0.1, 0.15) is 108 Å². The molecule has 0 spiro atoms. The molecule has 10 nitrogen and oxygen atoms in total. The molecule has 0 bridgehead atoms. The van der Waals surface area contributed by atoms with Crippen molar-refractivity contribution < 1.29 is 48.2 Å². The van der Waals surface area contributed by atoms with Crippen molar-refractivity contribution in [3.63, 3.8) is 0 Å².